The van der Waals surface area contributed by atoms with Gasteiger partial charge in [0.2, 0.25) is 15.0 Å². The number of halogens is 1. The number of sulfonamides is 1. The molecule has 0 atom stereocenters. The van der Waals surface area contributed by atoms with Crippen molar-refractivity contribution < 1.29 is 8.42 Å². The molecular weight excluding hydrogens is 344 g/mol. The monoisotopic (exact) mass is 356 g/mol. The molecule has 3 rings (SSSR count). The first-order chi connectivity index (χ1) is 10.6. The molecule has 6 nitrogen and oxygen atoms in total. The van der Waals surface area contributed by atoms with E-state index in [9.17, 15) is 8.42 Å². The molecule has 0 aliphatic carbocycles. The van der Waals surface area contributed by atoms with E-state index in [1.807, 2.05) is 5.38 Å². The highest BCUT2D eigenvalue weighted by Gasteiger charge is 2.14. The second-order valence-electron chi connectivity index (χ2n) is 4.68. The van der Waals surface area contributed by atoms with Gasteiger partial charge in [-0.05, 0) is 11.6 Å². The molecule has 0 aliphatic rings. The first-order valence-electron chi connectivity index (χ1n) is 6.52. The third-order valence-corrected chi connectivity index (χ3v) is 5.68. The van der Waals surface area contributed by atoms with E-state index >= 15 is 0 Å². The summed E-state index contributed by atoms with van der Waals surface area (Å²) >= 11 is 7.47. The molecule has 9 heteroatoms. The van der Waals surface area contributed by atoms with Crippen molar-refractivity contribution in [3.8, 4) is 0 Å². The summed E-state index contributed by atoms with van der Waals surface area (Å²) in [6.07, 6.45) is 2.03. The van der Waals surface area contributed by atoms with Gasteiger partial charge in [0.05, 0.1) is 11.4 Å². The highest BCUT2D eigenvalue weighted by molar-refractivity contribution is 7.88. The maximum absolute atomic E-state index is 12.1. The predicted octanol–water partition coefficient (Wildman–Crippen LogP) is 2.11. The topological polar surface area (TPSA) is 76.4 Å². The Labute approximate surface area is 136 Å². The van der Waals surface area contributed by atoms with Crippen LogP contribution in [0.2, 0.25) is 5.02 Å². The third kappa shape index (κ3) is 3.46. The van der Waals surface area contributed by atoms with Gasteiger partial charge in [-0.1, -0.05) is 29.8 Å². The number of hydrogen-bond acceptors (Lipinski definition) is 5. The lowest BCUT2D eigenvalue weighted by Crippen LogP contribution is -2.27. The van der Waals surface area contributed by atoms with E-state index < -0.39 is 10.0 Å². The van der Waals surface area contributed by atoms with Crippen LogP contribution in [0.5, 0.6) is 0 Å². The van der Waals surface area contributed by atoms with Crippen LogP contribution in [0.25, 0.3) is 4.96 Å². The molecule has 3 aromatic rings. The molecule has 1 aromatic carbocycles. The van der Waals surface area contributed by atoms with Crippen LogP contribution >= 0.6 is 22.9 Å². The minimum absolute atomic E-state index is 0.130. The van der Waals surface area contributed by atoms with Crippen LogP contribution in [0.15, 0.2) is 36.0 Å². The molecule has 116 valence electrons. The molecule has 22 heavy (non-hydrogen) atoms. The summed E-state index contributed by atoms with van der Waals surface area (Å²) in [5.74, 6) is -0.130. The fraction of sp³-hybridized carbons (Fsp3) is 0.231. The van der Waals surface area contributed by atoms with Gasteiger partial charge in [0.15, 0.2) is 0 Å². The Hall–Kier alpha value is -1.48. The summed E-state index contributed by atoms with van der Waals surface area (Å²) in [6.45, 7) is 0.304. The van der Waals surface area contributed by atoms with Crippen molar-refractivity contribution >= 4 is 37.9 Å². The molecule has 0 spiro atoms. The lowest BCUT2D eigenvalue weighted by atomic mass is 10.2. The van der Waals surface area contributed by atoms with Gasteiger partial charge in [0.1, 0.15) is 6.33 Å². The van der Waals surface area contributed by atoms with E-state index in [0.717, 1.165) is 10.7 Å². The summed E-state index contributed by atoms with van der Waals surface area (Å²) in [7, 11) is -3.43. The minimum atomic E-state index is -3.43. The number of fused-ring (bicyclic) bond motifs is 1. The molecule has 0 saturated heterocycles. The predicted molar refractivity (Wildman–Crippen MR) is 86.6 cm³/mol. The Bertz CT molecular complexity index is 888. The Balaban J connectivity index is 1.61. The third-order valence-electron chi connectivity index (χ3n) is 3.10. The average Bonchev–Trinajstić information content (AvgIpc) is 3.06. The summed E-state index contributed by atoms with van der Waals surface area (Å²) in [4.78, 5) is 4.88. The molecule has 0 saturated carbocycles. The number of thiazole rings is 1. The molecular formula is C13H13ClN4O2S2. The van der Waals surface area contributed by atoms with Gasteiger partial charge in [-0.15, -0.1) is 11.3 Å². The van der Waals surface area contributed by atoms with Gasteiger partial charge in [0.25, 0.3) is 0 Å². The second-order valence-corrected chi connectivity index (χ2v) is 7.73. The zero-order valence-corrected chi connectivity index (χ0v) is 13.8. The van der Waals surface area contributed by atoms with Gasteiger partial charge in [0, 0.05) is 23.4 Å². The summed E-state index contributed by atoms with van der Waals surface area (Å²) in [6, 6.07) is 6.92. The largest absolute Gasteiger partial charge is 0.215 e. The van der Waals surface area contributed by atoms with Gasteiger partial charge in [-0.3, -0.25) is 0 Å². The van der Waals surface area contributed by atoms with Gasteiger partial charge in [-0.25, -0.2) is 22.6 Å². The molecule has 0 radical (unpaired) electrons. The molecule has 0 bridgehead atoms. The molecule has 2 aromatic heterocycles. The number of rotatable bonds is 6. The van der Waals surface area contributed by atoms with Crippen LogP contribution < -0.4 is 4.72 Å². The van der Waals surface area contributed by atoms with Crippen LogP contribution in [0.4, 0.5) is 0 Å². The summed E-state index contributed by atoms with van der Waals surface area (Å²) < 4.78 is 28.5. The van der Waals surface area contributed by atoms with Crippen molar-refractivity contribution in [2.24, 2.45) is 0 Å². The van der Waals surface area contributed by atoms with Gasteiger partial charge in [-0.2, -0.15) is 5.10 Å². The van der Waals surface area contributed by atoms with Crippen molar-refractivity contribution in [3.05, 3.63) is 52.3 Å². The molecule has 0 aliphatic heterocycles. The maximum atomic E-state index is 12.1. The van der Waals surface area contributed by atoms with E-state index in [-0.39, 0.29) is 5.75 Å². The minimum Gasteiger partial charge on any atom is -0.215 e. The number of nitrogens with zero attached hydrogens (tertiary/aromatic N) is 3. The number of hydrogen-bond donors (Lipinski definition) is 1. The molecule has 1 N–H and O–H groups in total. The molecule has 0 fully saturated rings. The lowest BCUT2D eigenvalue weighted by Gasteiger charge is -2.07. The maximum Gasteiger partial charge on any atom is 0.215 e. The zero-order valence-electron chi connectivity index (χ0n) is 11.4. The van der Waals surface area contributed by atoms with E-state index in [0.29, 0.717) is 23.6 Å². The van der Waals surface area contributed by atoms with Crippen molar-refractivity contribution in [1.29, 1.82) is 0 Å². The average molecular weight is 357 g/mol. The van der Waals surface area contributed by atoms with Crippen molar-refractivity contribution in [1.82, 2.24) is 19.3 Å². The number of benzene rings is 1. The van der Waals surface area contributed by atoms with Crippen molar-refractivity contribution in [3.63, 3.8) is 0 Å². The van der Waals surface area contributed by atoms with Crippen LogP contribution in [-0.4, -0.2) is 29.6 Å². The quantitative estimate of drug-likeness (QED) is 0.733. The molecule has 0 unspecified atom stereocenters. The molecule has 0 amide bonds. The zero-order chi connectivity index (χ0) is 15.6. The SMILES string of the molecule is O=S(=O)(Cc1ccccc1Cl)NCCc1csc2ncnn12. The first-order valence-corrected chi connectivity index (χ1v) is 9.43. The van der Waals surface area contributed by atoms with E-state index in [2.05, 4.69) is 14.8 Å². The number of aromatic nitrogens is 3. The Morgan fingerprint density at radius 2 is 2.14 bits per heavy atom. The van der Waals surface area contributed by atoms with Crippen LogP contribution in [0, 0.1) is 0 Å². The smallest absolute Gasteiger partial charge is 0.215 e. The lowest BCUT2D eigenvalue weighted by molar-refractivity contribution is 0.580. The van der Waals surface area contributed by atoms with Gasteiger partial charge < -0.3 is 0 Å². The van der Waals surface area contributed by atoms with Crippen molar-refractivity contribution in [2.75, 3.05) is 6.54 Å². The van der Waals surface area contributed by atoms with E-state index in [4.69, 9.17) is 11.6 Å². The highest BCUT2D eigenvalue weighted by Crippen LogP contribution is 2.17. The second kappa shape index (κ2) is 6.33. The van der Waals surface area contributed by atoms with Crippen molar-refractivity contribution in [2.45, 2.75) is 12.2 Å². The Morgan fingerprint density at radius 3 is 2.95 bits per heavy atom. The summed E-state index contributed by atoms with van der Waals surface area (Å²) in [5.41, 5.74) is 1.52. The molecule has 2 heterocycles. The number of nitrogens with one attached hydrogen (secondary N) is 1. The highest BCUT2D eigenvalue weighted by atomic mass is 35.5. The van der Waals surface area contributed by atoms with Crippen LogP contribution in [0.1, 0.15) is 11.3 Å². The van der Waals surface area contributed by atoms with Gasteiger partial charge >= 0.3 is 0 Å². The Morgan fingerprint density at radius 1 is 1.32 bits per heavy atom. The van der Waals surface area contributed by atoms with E-state index in [1.54, 1.807) is 28.8 Å². The fourth-order valence-corrected chi connectivity index (χ4v) is 4.34. The van der Waals surface area contributed by atoms with Crippen LogP contribution in [-0.2, 0) is 22.2 Å². The normalized spacial score (nSPS) is 12.0. The first kappa shape index (κ1) is 15.4. The fourth-order valence-electron chi connectivity index (χ4n) is 2.05. The van der Waals surface area contributed by atoms with E-state index in [1.165, 1.54) is 17.7 Å². The summed E-state index contributed by atoms with van der Waals surface area (Å²) in [5, 5.41) is 6.48. The Kier molecular flexibility index (Phi) is 4.44. The van der Waals surface area contributed by atoms with Crippen LogP contribution in [0.3, 0.4) is 0 Å². The standard InChI is InChI=1S/C13H13ClN4O2S2/c14-12-4-2-1-3-10(12)8-22(19,20)17-6-5-11-7-21-13-15-9-16-18(11)13/h1-4,7,9,17H,5-6,8H2.